The molecule has 6 rings (SSSR count). The zero-order valence-corrected chi connectivity index (χ0v) is 23.8. The van der Waals surface area contributed by atoms with Crippen molar-refractivity contribution in [2.45, 2.75) is 13.1 Å². The minimum absolute atomic E-state index is 0.0604. The highest BCUT2D eigenvalue weighted by molar-refractivity contribution is 8.18. The van der Waals surface area contributed by atoms with Crippen molar-refractivity contribution in [3.05, 3.63) is 118 Å². The number of fused-ring (bicyclic) bond motifs is 1. The molecule has 5 aromatic rings. The quantitative estimate of drug-likeness (QED) is 0.196. The molecule has 0 bridgehead atoms. The minimum atomic E-state index is -0.331. The van der Waals surface area contributed by atoms with Crippen molar-refractivity contribution < 1.29 is 9.59 Å². The van der Waals surface area contributed by atoms with Crippen LogP contribution in [0.2, 0.25) is 5.02 Å². The van der Waals surface area contributed by atoms with Crippen molar-refractivity contribution in [2.24, 2.45) is 0 Å². The molecular weight excluding hydrogens is 570 g/mol. The van der Waals surface area contributed by atoms with Crippen LogP contribution in [-0.4, -0.2) is 47.6 Å². The average Bonchev–Trinajstić information content (AvgIpc) is 3.56. The molecule has 1 aliphatic heterocycles. The van der Waals surface area contributed by atoms with E-state index in [2.05, 4.69) is 20.6 Å². The molecule has 2 amide bonds. The maximum Gasteiger partial charge on any atom is 0.293 e. The number of thioether (sulfide) groups is 1. The van der Waals surface area contributed by atoms with E-state index in [0.717, 1.165) is 45.2 Å². The van der Waals surface area contributed by atoms with Crippen LogP contribution in [0, 0.1) is 0 Å². The number of hydrogen-bond acceptors (Lipinski definition) is 8. The largest absolute Gasteiger partial charge is 0.383 e. The molecule has 2 aromatic carbocycles. The molecule has 3 aromatic heterocycles. The van der Waals surface area contributed by atoms with Crippen LogP contribution in [0.5, 0.6) is 0 Å². The number of amides is 2. The number of aromatic nitrogens is 5. The highest BCUT2D eigenvalue weighted by Gasteiger charge is 2.35. The highest BCUT2D eigenvalue weighted by atomic mass is 35.5. The Morgan fingerprint density at radius 3 is 2.62 bits per heavy atom. The summed E-state index contributed by atoms with van der Waals surface area (Å²) in [6.07, 6.45) is 10.9. The van der Waals surface area contributed by atoms with E-state index in [1.807, 2.05) is 78.9 Å². The fourth-order valence-electron chi connectivity index (χ4n) is 4.43. The molecule has 1 N–H and O–H groups in total. The number of halogens is 1. The van der Waals surface area contributed by atoms with E-state index < -0.39 is 0 Å². The molecule has 4 heterocycles. The van der Waals surface area contributed by atoms with E-state index in [4.69, 9.17) is 16.6 Å². The van der Waals surface area contributed by atoms with E-state index in [0.29, 0.717) is 28.7 Å². The molecule has 0 radical (unpaired) electrons. The average molecular weight is 594 g/mol. The smallest absolute Gasteiger partial charge is 0.293 e. The molecule has 0 saturated carbocycles. The third kappa shape index (κ3) is 6.40. The Balaban J connectivity index is 1.12. The van der Waals surface area contributed by atoms with E-state index in [-0.39, 0.29) is 17.7 Å². The molecule has 1 saturated heterocycles. The summed E-state index contributed by atoms with van der Waals surface area (Å²) in [6.45, 7) is 1.11. The topological polar surface area (TPSA) is 106 Å². The number of anilines is 1. The second kappa shape index (κ2) is 12.4. The molecule has 1 fully saturated rings. The molecule has 42 heavy (non-hydrogen) atoms. The number of carbonyl (C=O) groups is 2. The summed E-state index contributed by atoms with van der Waals surface area (Å²) >= 11 is 7.22. The lowest BCUT2D eigenvalue weighted by Gasteiger charge is -2.11. The molecule has 9 nitrogen and oxygen atoms in total. The number of imide groups is 1. The molecule has 208 valence electrons. The second-order valence-corrected chi connectivity index (χ2v) is 10.9. The summed E-state index contributed by atoms with van der Waals surface area (Å²) in [5.74, 6) is -0.331. The van der Waals surface area contributed by atoms with Crippen molar-refractivity contribution in [2.75, 3.05) is 11.9 Å². The van der Waals surface area contributed by atoms with Gasteiger partial charge in [0, 0.05) is 35.0 Å². The fraction of sp³-hybridized carbons (Fsp3) is 0.0968. The summed E-state index contributed by atoms with van der Waals surface area (Å²) in [6, 6.07) is 20.9. The van der Waals surface area contributed by atoms with Gasteiger partial charge in [-0.25, -0.2) is 4.98 Å². The lowest BCUT2D eigenvalue weighted by atomic mass is 10.1. The predicted octanol–water partition coefficient (Wildman–Crippen LogP) is 6.39. The third-order valence-corrected chi connectivity index (χ3v) is 7.62. The molecule has 0 unspecified atom stereocenters. The van der Waals surface area contributed by atoms with Crippen molar-refractivity contribution >= 4 is 69.3 Å². The van der Waals surface area contributed by atoms with Gasteiger partial charge in [0.25, 0.3) is 11.1 Å². The highest BCUT2D eigenvalue weighted by Crippen LogP contribution is 2.33. The Hall–Kier alpha value is -4.80. The van der Waals surface area contributed by atoms with Gasteiger partial charge in [0.05, 0.1) is 35.4 Å². The SMILES string of the molecule is O=C1S/C(=C\c2ccccc2)C(=O)N1Cc1cn(CCNc2cc(/C=C/c3ccncc3)nc3ccc(Cl)cc23)nn1. The van der Waals surface area contributed by atoms with E-state index in [1.54, 1.807) is 29.3 Å². The van der Waals surface area contributed by atoms with Gasteiger partial charge in [-0.2, -0.15) is 0 Å². The normalized spacial score (nSPS) is 14.5. The first-order valence-electron chi connectivity index (χ1n) is 13.1. The Morgan fingerprint density at radius 2 is 1.79 bits per heavy atom. The Bertz CT molecular complexity index is 1820. The Morgan fingerprint density at radius 1 is 0.952 bits per heavy atom. The van der Waals surface area contributed by atoms with Gasteiger partial charge in [-0.3, -0.25) is 24.2 Å². The van der Waals surface area contributed by atoms with Crippen molar-refractivity contribution in [3.8, 4) is 0 Å². The molecular formula is C31H24ClN7O2S. The van der Waals surface area contributed by atoms with Gasteiger partial charge in [0.1, 0.15) is 5.69 Å². The van der Waals surface area contributed by atoms with Gasteiger partial charge in [-0.15, -0.1) is 5.10 Å². The van der Waals surface area contributed by atoms with Gasteiger partial charge in [-0.1, -0.05) is 53.2 Å². The zero-order chi connectivity index (χ0) is 28.9. The Labute approximate surface area is 250 Å². The summed E-state index contributed by atoms with van der Waals surface area (Å²) in [7, 11) is 0. The lowest BCUT2D eigenvalue weighted by molar-refractivity contribution is -0.123. The number of benzene rings is 2. The van der Waals surface area contributed by atoms with Gasteiger partial charge < -0.3 is 5.32 Å². The summed E-state index contributed by atoms with van der Waals surface area (Å²) in [4.78, 5) is 35.8. The predicted molar refractivity (Wildman–Crippen MR) is 166 cm³/mol. The maximum absolute atomic E-state index is 12.9. The first-order valence-corrected chi connectivity index (χ1v) is 14.3. The molecule has 0 atom stereocenters. The fourth-order valence-corrected chi connectivity index (χ4v) is 5.44. The standard InChI is InChI=1S/C31H24ClN7O2S/c32-23-7-9-27-26(17-23)28(18-24(35-27)8-6-21-10-12-33-13-11-21)34-14-15-38-19-25(36-37-38)20-39-30(40)29(42-31(39)41)16-22-4-2-1-3-5-22/h1-13,16-19H,14-15,20H2,(H,34,35)/b8-6+,29-16-. The molecule has 0 aliphatic carbocycles. The van der Waals surface area contributed by atoms with Gasteiger partial charge in [0.15, 0.2) is 0 Å². The van der Waals surface area contributed by atoms with E-state index in [1.165, 1.54) is 4.90 Å². The summed E-state index contributed by atoms with van der Waals surface area (Å²) in [5.41, 5.74) is 4.93. The lowest BCUT2D eigenvalue weighted by Crippen LogP contribution is -2.27. The van der Waals surface area contributed by atoms with Crippen LogP contribution in [0.3, 0.4) is 0 Å². The van der Waals surface area contributed by atoms with Crippen molar-refractivity contribution in [3.63, 3.8) is 0 Å². The second-order valence-electron chi connectivity index (χ2n) is 9.45. The molecule has 11 heteroatoms. The molecule has 0 spiro atoms. The number of nitrogens with one attached hydrogen (secondary N) is 1. The van der Waals surface area contributed by atoms with Crippen LogP contribution >= 0.6 is 23.4 Å². The van der Waals surface area contributed by atoms with Gasteiger partial charge >= 0.3 is 0 Å². The van der Waals surface area contributed by atoms with E-state index >= 15 is 0 Å². The first kappa shape index (κ1) is 27.4. The summed E-state index contributed by atoms with van der Waals surface area (Å²) < 4.78 is 1.68. The van der Waals surface area contributed by atoms with E-state index in [9.17, 15) is 9.59 Å². The van der Waals surface area contributed by atoms with Crippen molar-refractivity contribution in [1.29, 1.82) is 0 Å². The van der Waals surface area contributed by atoms with Crippen LogP contribution in [0.1, 0.15) is 22.5 Å². The number of nitrogens with zero attached hydrogens (tertiary/aromatic N) is 6. The zero-order valence-electron chi connectivity index (χ0n) is 22.2. The molecule has 1 aliphatic rings. The monoisotopic (exact) mass is 593 g/mol. The van der Waals surface area contributed by atoms with Crippen LogP contribution in [-0.2, 0) is 17.9 Å². The number of hydrogen-bond donors (Lipinski definition) is 1. The Kier molecular flexibility index (Phi) is 8.07. The van der Waals surface area contributed by atoms with Crippen molar-refractivity contribution in [1.82, 2.24) is 29.9 Å². The van der Waals surface area contributed by atoms with Crippen LogP contribution in [0.4, 0.5) is 10.5 Å². The number of pyridine rings is 2. The van der Waals surface area contributed by atoms with Crippen LogP contribution < -0.4 is 5.32 Å². The number of rotatable bonds is 9. The summed E-state index contributed by atoms with van der Waals surface area (Å²) in [5, 5.41) is 13.0. The first-order chi connectivity index (χ1) is 20.5. The third-order valence-electron chi connectivity index (χ3n) is 6.48. The van der Waals surface area contributed by atoms with Gasteiger partial charge in [-0.05, 0) is 71.4 Å². The van der Waals surface area contributed by atoms with Crippen LogP contribution in [0.25, 0.3) is 29.1 Å². The number of carbonyl (C=O) groups excluding carboxylic acids is 2. The minimum Gasteiger partial charge on any atom is -0.383 e. The maximum atomic E-state index is 12.9. The van der Waals surface area contributed by atoms with Gasteiger partial charge in [0.2, 0.25) is 0 Å². The van der Waals surface area contributed by atoms with Crippen LogP contribution in [0.15, 0.2) is 90.2 Å².